The summed E-state index contributed by atoms with van der Waals surface area (Å²) in [6.45, 7) is 8.66. The molecule has 3 amide bonds. The predicted molar refractivity (Wildman–Crippen MR) is 157 cm³/mol. The average Bonchev–Trinajstić information content (AvgIpc) is 3.46. The van der Waals surface area contributed by atoms with Crippen LogP contribution in [0.2, 0.25) is 0 Å². The van der Waals surface area contributed by atoms with Gasteiger partial charge in [-0.05, 0) is 47.9 Å². The van der Waals surface area contributed by atoms with Crippen LogP contribution in [-0.4, -0.2) is 40.5 Å². The van der Waals surface area contributed by atoms with Crippen molar-refractivity contribution in [1.82, 2.24) is 20.9 Å². The highest BCUT2D eigenvalue weighted by Crippen LogP contribution is 2.27. The van der Waals surface area contributed by atoms with Crippen molar-refractivity contribution in [2.24, 2.45) is 11.1 Å². The van der Waals surface area contributed by atoms with E-state index in [1.165, 1.54) is 0 Å². The van der Waals surface area contributed by atoms with E-state index >= 15 is 0 Å². The predicted octanol–water partition coefficient (Wildman–Crippen LogP) is 3.99. The van der Waals surface area contributed by atoms with Crippen molar-refractivity contribution in [2.45, 2.75) is 65.2 Å². The number of thiophene rings is 1. The van der Waals surface area contributed by atoms with Crippen LogP contribution >= 0.6 is 11.3 Å². The van der Waals surface area contributed by atoms with Gasteiger partial charge in [0.1, 0.15) is 12.2 Å². The van der Waals surface area contributed by atoms with Gasteiger partial charge in [-0.2, -0.15) is 0 Å². The first-order valence-electron chi connectivity index (χ1n) is 13.0. The molecular weight excluding hydrogens is 510 g/mol. The lowest BCUT2D eigenvalue weighted by Gasteiger charge is -2.28. The summed E-state index contributed by atoms with van der Waals surface area (Å²) in [6, 6.07) is 14.9. The summed E-state index contributed by atoms with van der Waals surface area (Å²) in [6.07, 6.45) is 1.83. The monoisotopic (exact) mass is 547 g/mol. The standard InChI is InChI=1S/C30H37N5O3S/c1-29(2,3)27(37)35-25(15-18-16-32-22-12-8-6-10-20(18)22)34-26(36)23(33-28(38)30(4,5)31)14-19-17-39-24-13-9-7-11-21(19)24/h6-13,16-17,23,25,32H,14-15,31H2,1-5H3,(H,33,38)(H,34,36)(H,35,37)/t23-,25-/m1/s1. The molecule has 0 bridgehead atoms. The maximum absolute atomic E-state index is 13.8. The summed E-state index contributed by atoms with van der Waals surface area (Å²) in [7, 11) is 0. The first-order valence-corrected chi connectivity index (χ1v) is 13.9. The first kappa shape index (κ1) is 28.3. The van der Waals surface area contributed by atoms with Crippen molar-refractivity contribution in [3.63, 3.8) is 0 Å². The van der Waals surface area contributed by atoms with Crippen molar-refractivity contribution in [1.29, 1.82) is 0 Å². The van der Waals surface area contributed by atoms with Gasteiger partial charge in [-0.3, -0.25) is 14.4 Å². The molecule has 0 saturated carbocycles. The third-order valence-corrected chi connectivity index (χ3v) is 7.61. The number of rotatable bonds is 9. The van der Waals surface area contributed by atoms with Gasteiger partial charge in [0.05, 0.1) is 5.54 Å². The molecule has 2 heterocycles. The number of aromatic nitrogens is 1. The topological polar surface area (TPSA) is 129 Å². The highest BCUT2D eigenvalue weighted by Gasteiger charge is 2.31. The van der Waals surface area contributed by atoms with Gasteiger partial charge in [-0.15, -0.1) is 11.3 Å². The second kappa shape index (κ2) is 11.2. The second-order valence-corrected chi connectivity index (χ2v) is 12.5. The number of aromatic amines is 1. The van der Waals surface area contributed by atoms with E-state index in [2.05, 4.69) is 20.9 Å². The molecule has 6 N–H and O–H groups in total. The molecule has 0 aliphatic rings. The molecule has 2 aromatic carbocycles. The van der Waals surface area contributed by atoms with Crippen molar-refractivity contribution in [3.8, 4) is 0 Å². The van der Waals surface area contributed by atoms with Crippen molar-refractivity contribution < 1.29 is 14.4 Å². The van der Waals surface area contributed by atoms with Crippen molar-refractivity contribution >= 4 is 50.0 Å². The van der Waals surface area contributed by atoms with E-state index < -0.39 is 35.0 Å². The molecule has 0 aliphatic carbocycles. The smallest absolute Gasteiger partial charge is 0.244 e. The van der Waals surface area contributed by atoms with E-state index in [9.17, 15) is 14.4 Å². The van der Waals surface area contributed by atoms with Crippen LogP contribution in [-0.2, 0) is 27.2 Å². The minimum Gasteiger partial charge on any atom is -0.361 e. The zero-order valence-corrected chi connectivity index (χ0v) is 23.9. The van der Waals surface area contributed by atoms with E-state index in [1.54, 1.807) is 25.2 Å². The zero-order valence-electron chi connectivity index (χ0n) is 23.1. The fourth-order valence-corrected chi connectivity index (χ4v) is 5.25. The molecular formula is C30H37N5O3S. The average molecular weight is 548 g/mol. The molecule has 0 fully saturated rings. The van der Waals surface area contributed by atoms with E-state index in [0.717, 1.165) is 32.1 Å². The van der Waals surface area contributed by atoms with Crippen LogP contribution in [0.15, 0.2) is 60.1 Å². The minimum atomic E-state index is -1.17. The molecule has 4 aromatic rings. The Bertz CT molecular complexity index is 1490. The molecule has 39 heavy (non-hydrogen) atoms. The number of hydrogen-bond donors (Lipinski definition) is 5. The molecule has 0 aliphatic heterocycles. The summed E-state index contributed by atoms with van der Waals surface area (Å²) in [4.78, 5) is 42.9. The molecule has 0 saturated heterocycles. The van der Waals surface area contributed by atoms with Crippen LogP contribution in [0, 0.1) is 5.41 Å². The quantitative estimate of drug-likeness (QED) is 0.203. The third kappa shape index (κ3) is 6.85. The van der Waals surface area contributed by atoms with Crippen LogP contribution in [0.1, 0.15) is 45.7 Å². The number of hydrogen-bond acceptors (Lipinski definition) is 5. The summed E-state index contributed by atoms with van der Waals surface area (Å²) in [5, 5.41) is 12.9. The lowest BCUT2D eigenvalue weighted by Crippen LogP contribution is -2.60. The van der Waals surface area contributed by atoms with Gasteiger partial charge in [0.2, 0.25) is 17.7 Å². The van der Waals surface area contributed by atoms with E-state index in [4.69, 9.17) is 5.73 Å². The van der Waals surface area contributed by atoms with Crippen LogP contribution in [0.3, 0.4) is 0 Å². The van der Waals surface area contributed by atoms with E-state index in [-0.39, 0.29) is 12.3 Å². The maximum atomic E-state index is 13.8. The zero-order chi connectivity index (χ0) is 28.4. The molecule has 0 unspecified atom stereocenters. The number of nitrogens with one attached hydrogen (secondary N) is 4. The molecule has 206 valence electrons. The van der Waals surface area contributed by atoms with Gasteiger partial charge in [-0.1, -0.05) is 57.2 Å². The van der Waals surface area contributed by atoms with Crippen LogP contribution in [0.5, 0.6) is 0 Å². The Kier molecular flexibility index (Phi) is 8.13. The van der Waals surface area contributed by atoms with Gasteiger partial charge >= 0.3 is 0 Å². The Morgan fingerprint density at radius 1 is 0.846 bits per heavy atom. The minimum absolute atomic E-state index is 0.194. The summed E-state index contributed by atoms with van der Waals surface area (Å²) in [5.74, 6) is -1.03. The van der Waals surface area contributed by atoms with Crippen molar-refractivity contribution in [3.05, 3.63) is 71.2 Å². The normalized spacial score (nSPS) is 13.7. The molecule has 0 radical (unpaired) electrons. The second-order valence-electron chi connectivity index (χ2n) is 11.6. The number of benzene rings is 2. The number of nitrogens with two attached hydrogens (primary N) is 1. The molecule has 0 spiro atoms. The Hall–Kier alpha value is -3.69. The van der Waals surface area contributed by atoms with Gasteiger partial charge < -0.3 is 26.7 Å². The largest absolute Gasteiger partial charge is 0.361 e. The SMILES string of the molecule is CC(C)(C)C(=O)N[C@H](Cc1c[nH]c2ccccc12)NC(=O)[C@@H](Cc1csc2ccccc12)NC(=O)C(C)(C)N. The number of carbonyl (C=O) groups is 3. The summed E-state index contributed by atoms with van der Waals surface area (Å²) in [5.41, 5.74) is 7.11. The lowest BCUT2D eigenvalue weighted by molar-refractivity contribution is -0.133. The number of H-pyrrole nitrogens is 1. The maximum Gasteiger partial charge on any atom is 0.244 e. The third-order valence-electron chi connectivity index (χ3n) is 6.59. The van der Waals surface area contributed by atoms with Crippen LogP contribution < -0.4 is 21.7 Å². The van der Waals surface area contributed by atoms with Crippen molar-refractivity contribution in [2.75, 3.05) is 0 Å². The Morgan fingerprint density at radius 3 is 2.21 bits per heavy atom. The Morgan fingerprint density at radius 2 is 1.51 bits per heavy atom. The fraction of sp³-hybridized carbons (Fsp3) is 0.367. The van der Waals surface area contributed by atoms with E-state index in [0.29, 0.717) is 6.42 Å². The van der Waals surface area contributed by atoms with Gasteiger partial charge in [-0.25, -0.2) is 0 Å². The lowest BCUT2D eigenvalue weighted by atomic mass is 9.95. The first-order chi connectivity index (χ1) is 18.3. The molecule has 9 heteroatoms. The summed E-state index contributed by atoms with van der Waals surface area (Å²) >= 11 is 1.59. The molecule has 8 nitrogen and oxygen atoms in total. The van der Waals surface area contributed by atoms with E-state index in [1.807, 2.05) is 80.9 Å². The van der Waals surface area contributed by atoms with Crippen LogP contribution in [0.25, 0.3) is 21.0 Å². The number of para-hydroxylation sites is 1. The molecule has 2 atom stereocenters. The van der Waals surface area contributed by atoms with Gasteiger partial charge in [0, 0.05) is 40.1 Å². The highest BCUT2D eigenvalue weighted by atomic mass is 32.1. The van der Waals surface area contributed by atoms with Crippen LogP contribution in [0.4, 0.5) is 0 Å². The molecule has 4 rings (SSSR count). The highest BCUT2D eigenvalue weighted by molar-refractivity contribution is 7.17. The van der Waals surface area contributed by atoms with Gasteiger partial charge in [0.25, 0.3) is 0 Å². The number of carbonyl (C=O) groups excluding carboxylic acids is 3. The van der Waals surface area contributed by atoms with Gasteiger partial charge in [0.15, 0.2) is 0 Å². The summed E-state index contributed by atoms with van der Waals surface area (Å²) < 4.78 is 1.10. The molecule has 2 aromatic heterocycles. The number of fused-ring (bicyclic) bond motifs is 2. The Labute approximate surface area is 232 Å². The number of amides is 3. The fourth-order valence-electron chi connectivity index (χ4n) is 4.27. The Balaban J connectivity index is 1.62.